The van der Waals surface area contributed by atoms with Gasteiger partial charge < -0.3 is 18.3 Å². The zero-order valence-electron chi connectivity index (χ0n) is 68.3. The Kier molecular flexibility index (Phi) is 15.9. The summed E-state index contributed by atoms with van der Waals surface area (Å²) in [5.41, 5.74) is 32.8. The highest BCUT2D eigenvalue weighted by molar-refractivity contribution is 6.18. The fraction of sp³-hybridized carbons (Fsp3) is 0. The van der Waals surface area contributed by atoms with Gasteiger partial charge in [0.05, 0.1) is 71.9 Å². The van der Waals surface area contributed by atoms with E-state index in [1.807, 2.05) is 0 Å². The van der Waals surface area contributed by atoms with E-state index >= 15 is 0 Å². The Bertz CT molecular complexity index is 8050. The van der Waals surface area contributed by atoms with Gasteiger partial charge in [-0.2, -0.15) is 4.98 Å². The average Bonchev–Trinajstić information content (AvgIpc) is 1.57. The van der Waals surface area contributed by atoms with Crippen molar-refractivity contribution in [1.29, 1.82) is 0 Å². The molecular formula is C118H74N8. The van der Waals surface area contributed by atoms with E-state index in [4.69, 9.17) is 9.97 Å². The maximum absolute atomic E-state index is 6.12. The van der Waals surface area contributed by atoms with Crippen LogP contribution >= 0.6 is 0 Å². The minimum absolute atomic E-state index is 0.534. The van der Waals surface area contributed by atoms with Gasteiger partial charge in [0.25, 0.3) is 0 Å². The van der Waals surface area contributed by atoms with Crippen molar-refractivity contribution in [2.75, 3.05) is 0 Å². The third-order valence-corrected chi connectivity index (χ3v) is 26.2. The van der Waals surface area contributed by atoms with Gasteiger partial charge >= 0.3 is 0 Å². The highest BCUT2D eigenvalue weighted by atomic mass is 15.2. The summed E-state index contributed by atoms with van der Waals surface area (Å²) in [7, 11) is 0. The lowest BCUT2D eigenvalue weighted by Gasteiger charge is -2.17. The maximum Gasteiger partial charge on any atom is 0.237 e. The van der Waals surface area contributed by atoms with Crippen molar-refractivity contribution >= 4 is 131 Å². The van der Waals surface area contributed by atoms with Gasteiger partial charge in [-0.1, -0.05) is 267 Å². The number of para-hydroxylation sites is 8. The van der Waals surface area contributed by atoms with E-state index in [1.54, 1.807) is 0 Å². The third kappa shape index (κ3) is 11.2. The molecule has 7 aromatic heterocycles. The van der Waals surface area contributed by atoms with Crippen molar-refractivity contribution in [2.45, 2.75) is 0 Å². The molecule has 0 spiro atoms. The van der Waals surface area contributed by atoms with Crippen molar-refractivity contribution in [3.05, 3.63) is 449 Å². The van der Waals surface area contributed by atoms with Crippen LogP contribution in [-0.4, -0.2) is 37.4 Å². The average molecular weight is 1600 g/mol. The first kappa shape index (κ1) is 70.9. The molecular weight excluding hydrogens is 1530 g/mol. The summed E-state index contributed by atoms with van der Waals surface area (Å²) in [5.74, 6) is 1.26. The lowest BCUT2D eigenvalue weighted by molar-refractivity contribution is 0.952. The number of benzene rings is 19. The van der Waals surface area contributed by atoms with E-state index < -0.39 is 0 Å². The largest absolute Gasteiger partial charge is 0.309 e. The smallest absolute Gasteiger partial charge is 0.237 e. The highest BCUT2D eigenvalue weighted by Gasteiger charge is 2.27. The first-order valence-electron chi connectivity index (χ1n) is 43.2. The van der Waals surface area contributed by atoms with E-state index in [-0.39, 0.29) is 0 Å². The molecule has 0 unspecified atom stereocenters. The van der Waals surface area contributed by atoms with Crippen LogP contribution in [0.3, 0.4) is 0 Å². The SMILES string of the molecule is c1ccc(-c2ccc(-c3ccccc3)c(-c3cc(-n4c5ccc(-c6ccc7c(c6)c6ccccc6n7-c6ccccc6)cc5c5cc(-c6ccc7c(c6)c6ccccc6n7-c6ccccc6)ccc54)nc(-n4c5ccc(-c6ccc7c(c6)c6ccccc6n7-c6ccccc6)cc5c5cc(-c6ccc7c(c6)c6ccccc6n7-c6ccccc6)ccc54)n3)c2)cc1. The number of hydrogen-bond acceptors (Lipinski definition) is 2. The van der Waals surface area contributed by atoms with Gasteiger partial charge in [-0.3, -0.25) is 9.13 Å². The minimum atomic E-state index is 0.534. The molecule has 0 aliphatic heterocycles. The van der Waals surface area contributed by atoms with Crippen LogP contribution in [-0.2, 0) is 0 Å². The molecule has 0 amide bonds. The van der Waals surface area contributed by atoms with Crippen molar-refractivity contribution in [1.82, 2.24) is 37.4 Å². The summed E-state index contributed by atoms with van der Waals surface area (Å²) in [6, 6.07) is 165. The maximum atomic E-state index is 6.12. The molecule has 0 aliphatic rings. The second-order valence-electron chi connectivity index (χ2n) is 33.2. The summed E-state index contributed by atoms with van der Waals surface area (Å²) in [5, 5.41) is 13.9. The zero-order chi connectivity index (χ0) is 82.6. The van der Waals surface area contributed by atoms with Gasteiger partial charge in [0.15, 0.2) is 0 Å². The Morgan fingerprint density at radius 1 is 0.135 bits per heavy atom. The van der Waals surface area contributed by atoms with E-state index in [2.05, 4.69) is 476 Å². The molecule has 0 saturated heterocycles. The summed E-state index contributed by atoms with van der Waals surface area (Å²) >= 11 is 0. The number of rotatable bonds is 13. The molecule has 0 atom stereocenters. The Morgan fingerprint density at radius 3 is 0.675 bits per heavy atom. The summed E-state index contributed by atoms with van der Waals surface area (Å²) in [6.07, 6.45) is 0. The van der Waals surface area contributed by atoms with Gasteiger partial charge in [-0.05, 0) is 243 Å². The fourth-order valence-electron chi connectivity index (χ4n) is 20.5. The van der Waals surface area contributed by atoms with Crippen LogP contribution in [0.2, 0.25) is 0 Å². The van der Waals surface area contributed by atoms with Crippen molar-refractivity contribution in [3.8, 4) is 113 Å². The molecule has 19 aromatic carbocycles. The third-order valence-electron chi connectivity index (χ3n) is 26.2. The highest BCUT2D eigenvalue weighted by Crippen LogP contribution is 2.47. The second-order valence-corrected chi connectivity index (χ2v) is 33.2. The van der Waals surface area contributed by atoms with E-state index in [0.717, 1.165) is 172 Å². The standard InChI is InChI=1S/C118H74N8/c1-7-27-75(28-8-1)77-47-56-90(76-29-9-2-10-30-76)95(65-77)104-74-117(125-113-61-52-82(78-48-57-109-96(66-78)91-39-19-23-43-105(91)121(109)86-31-11-3-12-32-86)70-100(113)101-71-83(53-62-114(101)125)79-49-58-110-97(67-79)92-40-20-24-44-106(92)122(110)87-33-13-4-14-34-87)120-118(119-104)126-115-63-54-84(80-50-59-111-98(68-80)93-41-21-25-45-107(93)123(111)88-35-15-5-16-36-88)72-102(115)103-73-85(55-64-116(103)126)81-51-60-112-99(69-81)94-42-22-26-46-108(94)124(112)89-37-17-6-18-38-89/h1-74H. The van der Waals surface area contributed by atoms with Gasteiger partial charge in [0, 0.05) is 99.0 Å². The van der Waals surface area contributed by atoms with Gasteiger partial charge in [0.1, 0.15) is 5.82 Å². The molecule has 8 heteroatoms. The van der Waals surface area contributed by atoms with Crippen LogP contribution in [0, 0.1) is 0 Å². The van der Waals surface area contributed by atoms with Crippen LogP contribution in [0.15, 0.2) is 449 Å². The fourth-order valence-corrected chi connectivity index (χ4v) is 20.5. The van der Waals surface area contributed by atoms with Crippen LogP contribution in [0.4, 0.5) is 0 Å². The molecule has 0 N–H and O–H groups in total. The summed E-state index contributed by atoms with van der Waals surface area (Å²) in [6.45, 7) is 0. The molecule has 0 saturated carbocycles. The number of fused-ring (bicyclic) bond motifs is 18. The molecule has 0 fully saturated rings. The predicted octanol–water partition coefficient (Wildman–Crippen LogP) is 30.7. The van der Waals surface area contributed by atoms with Gasteiger partial charge in [0.2, 0.25) is 5.95 Å². The first-order valence-corrected chi connectivity index (χ1v) is 43.2. The van der Waals surface area contributed by atoms with E-state index in [1.165, 1.54) is 65.2 Å². The quantitative estimate of drug-likeness (QED) is 0.116. The van der Waals surface area contributed by atoms with Crippen molar-refractivity contribution < 1.29 is 0 Å². The lowest BCUT2D eigenvalue weighted by Crippen LogP contribution is -2.08. The van der Waals surface area contributed by atoms with Crippen molar-refractivity contribution in [3.63, 3.8) is 0 Å². The van der Waals surface area contributed by atoms with Crippen LogP contribution in [0.25, 0.3) is 243 Å². The lowest BCUT2D eigenvalue weighted by atomic mass is 9.93. The Balaban J connectivity index is 0.728. The van der Waals surface area contributed by atoms with Crippen LogP contribution < -0.4 is 0 Å². The van der Waals surface area contributed by atoms with E-state index in [0.29, 0.717) is 5.95 Å². The Morgan fingerprint density at radius 2 is 0.365 bits per heavy atom. The molecule has 586 valence electrons. The molecule has 0 radical (unpaired) electrons. The minimum Gasteiger partial charge on any atom is -0.309 e. The normalized spacial score (nSPS) is 12.0. The molecule has 7 heterocycles. The second kappa shape index (κ2) is 28.3. The Hall–Kier alpha value is -16.9. The number of nitrogens with zero attached hydrogens (tertiary/aromatic N) is 8. The topological polar surface area (TPSA) is 55.4 Å². The van der Waals surface area contributed by atoms with Crippen molar-refractivity contribution in [2.24, 2.45) is 0 Å². The molecule has 0 aliphatic carbocycles. The van der Waals surface area contributed by atoms with Crippen LogP contribution in [0.5, 0.6) is 0 Å². The molecule has 26 rings (SSSR count). The summed E-state index contributed by atoms with van der Waals surface area (Å²) in [4.78, 5) is 12.2. The number of hydrogen-bond donors (Lipinski definition) is 0. The molecule has 26 aromatic rings. The van der Waals surface area contributed by atoms with Crippen LogP contribution in [0.1, 0.15) is 0 Å². The van der Waals surface area contributed by atoms with Gasteiger partial charge in [-0.25, -0.2) is 4.98 Å². The van der Waals surface area contributed by atoms with Gasteiger partial charge in [-0.15, -0.1) is 0 Å². The monoisotopic (exact) mass is 1600 g/mol. The van der Waals surface area contributed by atoms with E-state index in [9.17, 15) is 0 Å². The molecule has 8 nitrogen and oxygen atoms in total. The first-order chi connectivity index (χ1) is 62.5. The summed E-state index contributed by atoms with van der Waals surface area (Å²) < 4.78 is 14.3. The Labute approximate surface area is 724 Å². The predicted molar refractivity (Wildman–Crippen MR) is 526 cm³/mol. The molecule has 0 bridgehead atoms. The molecule has 126 heavy (non-hydrogen) atoms. The number of aromatic nitrogens is 8. The zero-order valence-corrected chi connectivity index (χ0v) is 68.3.